The third kappa shape index (κ3) is 3.20. The van der Waals surface area contributed by atoms with E-state index in [1.165, 1.54) is 0 Å². The first-order valence-electron chi connectivity index (χ1n) is 9.57. The van der Waals surface area contributed by atoms with Crippen LogP contribution < -0.4 is 4.74 Å². The van der Waals surface area contributed by atoms with Crippen molar-refractivity contribution in [1.82, 2.24) is 4.90 Å². The van der Waals surface area contributed by atoms with Crippen LogP contribution in [-0.4, -0.2) is 11.3 Å². The van der Waals surface area contributed by atoms with Gasteiger partial charge in [0.25, 0.3) is 0 Å². The highest BCUT2D eigenvalue weighted by Gasteiger charge is 2.38. The Bertz CT molecular complexity index is 1220. The molecule has 3 nitrogen and oxygen atoms in total. The molecule has 0 fully saturated rings. The maximum absolute atomic E-state index is 12.4. The van der Waals surface area contributed by atoms with Crippen molar-refractivity contribution in [2.75, 3.05) is 0 Å². The van der Waals surface area contributed by atoms with Crippen molar-refractivity contribution in [1.29, 1.82) is 0 Å². The molecule has 0 aliphatic carbocycles. The normalized spacial score (nSPS) is 18.0. The zero-order valence-electron chi connectivity index (χ0n) is 15.8. The SMILES string of the molecule is O=CN1[C@H](c2ccc(Cl)cc2)c2c(ccc3ccccc23)O[C@H]1c1ccc(Cl)cc1. The van der Waals surface area contributed by atoms with Crippen LogP contribution in [0.5, 0.6) is 5.75 Å². The quantitative estimate of drug-likeness (QED) is 0.333. The molecule has 0 radical (unpaired) electrons. The third-order valence-corrected chi connectivity index (χ3v) is 5.98. The van der Waals surface area contributed by atoms with Gasteiger partial charge in [-0.05, 0) is 46.7 Å². The van der Waals surface area contributed by atoms with Crippen molar-refractivity contribution in [3.8, 4) is 5.75 Å². The van der Waals surface area contributed by atoms with Crippen molar-refractivity contribution in [2.45, 2.75) is 12.3 Å². The lowest BCUT2D eigenvalue weighted by molar-refractivity contribution is -0.131. The van der Waals surface area contributed by atoms with Crippen molar-refractivity contribution in [3.05, 3.63) is 112 Å². The molecule has 0 saturated carbocycles. The standard InChI is InChI=1S/C25H17Cl2NO2/c26-19-10-5-17(6-11-19)24-23-21-4-2-1-3-16(21)9-14-22(23)30-25(28(24)15-29)18-7-12-20(27)13-8-18/h1-15,24-25H/t24-,25+/m1/s1. The third-order valence-electron chi connectivity index (χ3n) is 5.47. The molecule has 30 heavy (non-hydrogen) atoms. The molecule has 4 aromatic rings. The predicted octanol–water partition coefficient (Wildman–Crippen LogP) is 6.79. The summed E-state index contributed by atoms with van der Waals surface area (Å²) in [6.07, 6.45) is 0.276. The van der Waals surface area contributed by atoms with Crippen LogP contribution in [0.25, 0.3) is 10.8 Å². The number of nitrogens with zero attached hydrogens (tertiary/aromatic N) is 1. The number of carbonyl (C=O) groups is 1. The van der Waals surface area contributed by atoms with Crippen molar-refractivity contribution >= 4 is 40.4 Å². The summed E-state index contributed by atoms with van der Waals surface area (Å²) in [6, 6.07) is 26.8. The lowest BCUT2D eigenvalue weighted by Crippen LogP contribution is -2.39. The van der Waals surface area contributed by atoms with Gasteiger partial charge in [-0.2, -0.15) is 0 Å². The van der Waals surface area contributed by atoms with Gasteiger partial charge in [-0.15, -0.1) is 0 Å². The molecule has 0 bridgehead atoms. The molecular formula is C25H17Cl2NO2. The second kappa shape index (κ2) is 7.67. The van der Waals surface area contributed by atoms with Gasteiger partial charge in [-0.1, -0.05) is 77.8 Å². The minimum atomic E-state index is -0.575. The molecular weight excluding hydrogens is 417 g/mol. The van der Waals surface area contributed by atoms with E-state index >= 15 is 0 Å². The van der Waals surface area contributed by atoms with E-state index in [0.717, 1.165) is 39.6 Å². The lowest BCUT2D eigenvalue weighted by atomic mass is 9.90. The number of ether oxygens (including phenoxy) is 1. The Kier molecular flexibility index (Phi) is 4.86. The summed E-state index contributed by atoms with van der Waals surface area (Å²) in [4.78, 5) is 14.1. The minimum absolute atomic E-state index is 0.324. The van der Waals surface area contributed by atoms with E-state index in [1.807, 2.05) is 60.7 Å². The molecule has 0 saturated heterocycles. The van der Waals surface area contributed by atoms with E-state index in [9.17, 15) is 4.79 Å². The van der Waals surface area contributed by atoms with Crippen molar-refractivity contribution in [3.63, 3.8) is 0 Å². The first kappa shape index (κ1) is 19.0. The zero-order chi connectivity index (χ0) is 20.7. The topological polar surface area (TPSA) is 29.5 Å². The van der Waals surface area contributed by atoms with Gasteiger partial charge in [0, 0.05) is 21.2 Å². The Hall–Kier alpha value is -3.01. The van der Waals surface area contributed by atoms with E-state index in [2.05, 4.69) is 12.1 Å². The van der Waals surface area contributed by atoms with Gasteiger partial charge in [-0.25, -0.2) is 0 Å². The first-order valence-corrected chi connectivity index (χ1v) is 10.3. The summed E-state index contributed by atoms with van der Waals surface area (Å²) in [5.41, 5.74) is 2.78. The molecule has 0 N–H and O–H groups in total. The lowest BCUT2D eigenvalue weighted by Gasteiger charge is -2.41. The largest absolute Gasteiger partial charge is 0.466 e. The van der Waals surface area contributed by atoms with Crippen LogP contribution in [0.3, 0.4) is 0 Å². The fourth-order valence-electron chi connectivity index (χ4n) is 4.09. The molecule has 1 aliphatic rings. The Morgan fingerprint density at radius 3 is 2.07 bits per heavy atom. The highest BCUT2D eigenvalue weighted by atomic mass is 35.5. The van der Waals surface area contributed by atoms with E-state index in [-0.39, 0.29) is 6.04 Å². The average molecular weight is 434 g/mol. The van der Waals surface area contributed by atoms with Crippen LogP contribution >= 0.6 is 23.2 Å². The van der Waals surface area contributed by atoms with E-state index in [4.69, 9.17) is 27.9 Å². The van der Waals surface area contributed by atoms with E-state index < -0.39 is 6.23 Å². The molecule has 1 amide bonds. The van der Waals surface area contributed by atoms with Crippen LogP contribution in [0.1, 0.15) is 29.0 Å². The molecule has 0 aromatic heterocycles. The molecule has 0 spiro atoms. The molecule has 2 atom stereocenters. The smallest absolute Gasteiger partial charge is 0.213 e. The Balaban J connectivity index is 1.76. The van der Waals surface area contributed by atoms with E-state index in [0.29, 0.717) is 10.0 Å². The molecule has 5 heteroatoms. The van der Waals surface area contributed by atoms with Gasteiger partial charge in [0.05, 0.1) is 6.04 Å². The van der Waals surface area contributed by atoms with Crippen LogP contribution in [0.15, 0.2) is 84.9 Å². The van der Waals surface area contributed by atoms with E-state index in [1.54, 1.807) is 17.0 Å². The highest BCUT2D eigenvalue weighted by Crippen LogP contribution is 2.47. The predicted molar refractivity (Wildman–Crippen MR) is 120 cm³/mol. The van der Waals surface area contributed by atoms with Crippen molar-refractivity contribution in [2.24, 2.45) is 0 Å². The van der Waals surface area contributed by atoms with Crippen molar-refractivity contribution < 1.29 is 9.53 Å². The highest BCUT2D eigenvalue weighted by molar-refractivity contribution is 6.30. The second-order valence-electron chi connectivity index (χ2n) is 7.23. The monoisotopic (exact) mass is 433 g/mol. The van der Waals surface area contributed by atoms with Gasteiger partial charge in [-0.3, -0.25) is 9.69 Å². The molecule has 5 rings (SSSR count). The fraction of sp³-hybridized carbons (Fsp3) is 0.0800. The zero-order valence-corrected chi connectivity index (χ0v) is 17.3. The average Bonchev–Trinajstić information content (AvgIpc) is 2.79. The number of hydrogen-bond donors (Lipinski definition) is 0. The number of hydrogen-bond acceptors (Lipinski definition) is 2. The summed E-state index contributed by atoms with van der Waals surface area (Å²) in [5.74, 6) is 0.756. The Labute approximate surface area is 184 Å². The second-order valence-corrected chi connectivity index (χ2v) is 8.10. The summed E-state index contributed by atoms with van der Waals surface area (Å²) in [5, 5.41) is 3.43. The van der Waals surface area contributed by atoms with Gasteiger partial charge in [0.2, 0.25) is 12.6 Å². The Morgan fingerprint density at radius 1 is 0.767 bits per heavy atom. The maximum atomic E-state index is 12.4. The fourth-order valence-corrected chi connectivity index (χ4v) is 4.35. The number of rotatable bonds is 3. The summed E-state index contributed by atoms with van der Waals surface area (Å²) in [7, 11) is 0. The molecule has 4 aromatic carbocycles. The van der Waals surface area contributed by atoms with Gasteiger partial charge >= 0.3 is 0 Å². The van der Waals surface area contributed by atoms with Gasteiger partial charge < -0.3 is 4.74 Å². The summed E-state index contributed by atoms with van der Waals surface area (Å²) in [6.45, 7) is 0. The van der Waals surface area contributed by atoms with Crippen LogP contribution in [0.2, 0.25) is 10.0 Å². The molecule has 1 aliphatic heterocycles. The van der Waals surface area contributed by atoms with Crippen LogP contribution in [-0.2, 0) is 4.79 Å². The molecule has 0 unspecified atom stereocenters. The number of amides is 1. The van der Waals surface area contributed by atoms with Crippen LogP contribution in [0.4, 0.5) is 0 Å². The number of halogens is 2. The maximum Gasteiger partial charge on any atom is 0.213 e. The Morgan fingerprint density at radius 2 is 1.40 bits per heavy atom. The summed E-state index contributed by atoms with van der Waals surface area (Å²) < 4.78 is 6.37. The number of benzene rings is 4. The number of fused-ring (bicyclic) bond motifs is 3. The number of carbonyl (C=O) groups excluding carboxylic acids is 1. The first-order chi connectivity index (χ1) is 14.7. The molecule has 148 valence electrons. The van der Waals surface area contributed by atoms with Crippen LogP contribution in [0, 0.1) is 0 Å². The molecule has 1 heterocycles. The van der Waals surface area contributed by atoms with Gasteiger partial charge in [0.1, 0.15) is 5.75 Å². The summed E-state index contributed by atoms with van der Waals surface area (Å²) >= 11 is 12.2. The minimum Gasteiger partial charge on any atom is -0.466 e. The van der Waals surface area contributed by atoms with Gasteiger partial charge in [0.15, 0.2) is 0 Å².